The zero-order valence-electron chi connectivity index (χ0n) is 18.6. The number of rotatable bonds is 9. The number of benzene rings is 2. The van der Waals surface area contributed by atoms with E-state index in [4.69, 9.17) is 21.7 Å². The normalized spacial score (nSPS) is 10.8. The number of methoxy groups -OCH3 is 2. The zero-order chi connectivity index (χ0) is 23.1. The molecule has 0 saturated carbocycles. The first-order valence-corrected chi connectivity index (χ1v) is 10.8. The lowest BCUT2D eigenvalue weighted by Gasteiger charge is -2.25. The van der Waals surface area contributed by atoms with E-state index in [9.17, 15) is 9.90 Å². The Morgan fingerprint density at radius 1 is 1.12 bits per heavy atom. The second-order valence-electron chi connectivity index (χ2n) is 7.53. The highest BCUT2D eigenvalue weighted by atomic mass is 32.1. The van der Waals surface area contributed by atoms with Crippen LogP contribution in [-0.2, 0) is 13.0 Å². The maximum atomic E-state index is 12.6. The average Bonchev–Trinajstić information content (AvgIpc) is 2.79. The van der Waals surface area contributed by atoms with Crippen LogP contribution in [0.5, 0.6) is 11.5 Å². The van der Waals surface area contributed by atoms with E-state index in [0.717, 1.165) is 28.5 Å². The maximum absolute atomic E-state index is 12.6. The molecule has 7 nitrogen and oxygen atoms in total. The van der Waals surface area contributed by atoms with Gasteiger partial charge < -0.3 is 29.8 Å². The maximum Gasteiger partial charge on any atom is 0.253 e. The van der Waals surface area contributed by atoms with Crippen molar-refractivity contribution < 1.29 is 14.6 Å². The van der Waals surface area contributed by atoms with Crippen molar-refractivity contribution in [2.75, 3.05) is 33.9 Å². The lowest BCUT2D eigenvalue weighted by Crippen LogP contribution is -2.42. The van der Waals surface area contributed by atoms with Crippen molar-refractivity contribution >= 4 is 28.2 Å². The smallest absolute Gasteiger partial charge is 0.253 e. The highest BCUT2D eigenvalue weighted by Crippen LogP contribution is 2.27. The Hall–Kier alpha value is -3.10. The lowest BCUT2D eigenvalue weighted by atomic mass is 10.1. The molecule has 0 amide bonds. The SMILES string of the molecule is COc1ccc(CCNC(=S)N(CCO)Cc2cc3ccc(C)cc3[nH]c2=O)cc1OC. The molecule has 3 N–H and O–H groups in total. The van der Waals surface area contributed by atoms with E-state index >= 15 is 0 Å². The number of aliphatic hydroxyl groups excluding tert-OH is 1. The summed E-state index contributed by atoms with van der Waals surface area (Å²) in [4.78, 5) is 17.3. The Labute approximate surface area is 193 Å². The quantitative estimate of drug-likeness (QED) is 0.428. The first-order valence-electron chi connectivity index (χ1n) is 10.4. The number of aromatic amines is 1. The molecular formula is C24H29N3O4S. The van der Waals surface area contributed by atoms with Gasteiger partial charge in [-0.3, -0.25) is 4.79 Å². The molecule has 170 valence electrons. The minimum atomic E-state index is -0.154. The van der Waals surface area contributed by atoms with Crippen LogP contribution in [0.2, 0.25) is 0 Å². The summed E-state index contributed by atoms with van der Waals surface area (Å²) in [5.41, 5.74) is 3.41. The van der Waals surface area contributed by atoms with Crippen LogP contribution in [0.15, 0.2) is 47.3 Å². The van der Waals surface area contributed by atoms with Crippen LogP contribution in [-0.4, -0.2) is 54.0 Å². The molecule has 0 unspecified atom stereocenters. The molecule has 0 aliphatic heterocycles. The fourth-order valence-corrected chi connectivity index (χ4v) is 3.78. The number of hydrogen-bond donors (Lipinski definition) is 3. The van der Waals surface area contributed by atoms with Gasteiger partial charge >= 0.3 is 0 Å². The molecule has 1 heterocycles. The summed E-state index contributed by atoms with van der Waals surface area (Å²) >= 11 is 5.55. The molecule has 3 aromatic rings. The van der Waals surface area contributed by atoms with E-state index in [1.807, 2.05) is 49.4 Å². The molecule has 0 saturated heterocycles. The molecule has 0 bridgehead atoms. The van der Waals surface area contributed by atoms with Crippen molar-refractivity contribution in [3.63, 3.8) is 0 Å². The summed E-state index contributed by atoms with van der Waals surface area (Å²) in [6, 6.07) is 13.6. The summed E-state index contributed by atoms with van der Waals surface area (Å²) in [6.07, 6.45) is 0.726. The number of aryl methyl sites for hydroxylation is 1. The summed E-state index contributed by atoms with van der Waals surface area (Å²) in [5, 5.41) is 14.2. The van der Waals surface area contributed by atoms with Gasteiger partial charge in [0.25, 0.3) is 5.56 Å². The molecular weight excluding hydrogens is 426 g/mol. The summed E-state index contributed by atoms with van der Waals surface area (Å²) in [5.74, 6) is 1.37. The number of nitrogens with one attached hydrogen (secondary N) is 2. The van der Waals surface area contributed by atoms with Crippen molar-refractivity contribution in [1.29, 1.82) is 0 Å². The molecule has 3 rings (SSSR count). The largest absolute Gasteiger partial charge is 0.493 e. The van der Waals surface area contributed by atoms with Crippen LogP contribution < -0.4 is 20.3 Å². The van der Waals surface area contributed by atoms with Gasteiger partial charge in [0.15, 0.2) is 16.6 Å². The van der Waals surface area contributed by atoms with Crippen LogP contribution in [0.25, 0.3) is 10.9 Å². The van der Waals surface area contributed by atoms with Crippen LogP contribution in [0.4, 0.5) is 0 Å². The number of thiocarbonyl (C=S) groups is 1. The number of fused-ring (bicyclic) bond motifs is 1. The second kappa shape index (κ2) is 11.0. The van der Waals surface area contributed by atoms with Gasteiger partial charge in [-0.2, -0.15) is 0 Å². The van der Waals surface area contributed by atoms with Crippen molar-refractivity contribution in [1.82, 2.24) is 15.2 Å². The standard InChI is InChI=1S/C24H29N3O4S/c1-16-4-6-18-14-19(23(29)26-20(18)12-16)15-27(10-11-28)24(32)25-9-8-17-5-7-21(30-2)22(13-17)31-3/h4-7,12-14,28H,8-11,15H2,1-3H3,(H,25,32)(H,26,29). The van der Waals surface area contributed by atoms with Crippen molar-refractivity contribution in [3.05, 3.63) is 69.5 Å². The third-order valence-corrected chi connectivity index (χ3v) is 5.64. The fraction of sp³-hybridized carbons (Fsp3) is 0.333. The van der Waals surface area contributed by atoms with Gasteiger partial charge in [0, 0.05) is 24.2 Å². The minimum absolute atomic E-state index is 0.0673. The highest BCUT2D eigenvalue weighted by molar-refractivity contribution is 7.80. The molecule has 32 heavy (non-hydrogen) atoms. The highest BCUT2D eigenvalue weighted by Gasteiger charge is 2.13. The Morgan fingerprint density at radius 3 is 2.62 bits per heavy atom. The molecule has 8 heteroatoms. The van der Waals surface area contributed by atoms with E-state index in [1.165, 1.54) is 0 Å². The van der Waals surface area contributed by atoms with Gasteiger partial charge in [-0.1, -0.05) is 18.2 Å². The first-order chi connectivity index (χ1) is 15.4. The van der Waals surface area contributed by atoms with E-state index in [1.54, 1.807) is 19.1 Å². The van der Waals surface area contributed by atoms with Crippen LogP contribution >= 0.6 is 12.2 Å². The monoisotopic (exact) mass is 455 g/mol. The lowest BCUT2D eigenvalue weighted by molar-refractivity contribution is 0.245. The second-order valence-corrected chi connectivity index (χ2v) is 7.92. The van der Waals surface area contributed by atoms with Crippen molar-refractivity contribution in [3.8, 4) is 11.5 Å². The van der Waals surface area contributed by atoms with Crippen LogP contribution in [0, 0.1) is 6.92 Å². The minimum Gasteiger partial charge on any atom is -0.493 e. The number of pyridine rings is 1. The van der Waals surface area contributed by atoms with Gasteiger partial charge in [0.05, 0.1) is 27.4 Å². The van der Waals surface area contributed by atoms with Gasteiger partial charge in [-0.05, 0) is 66.3 Å². The van der Waals surface area contributed by atoms with Gasteiger partial charge in [0.2, 0.25) is 0 Å². The third kappa shape index (κ3) is 5.77. The Bertz CT molecular complexity index is 1150. The Kier molecular flexibility index (Phi) is 8.08. The van der Waals surface area contributed by atoms with E-state index < -0.39 is 0 Å². The third-order valence-electron chi connectivity index (χ3n) is 5.23. The number of aliphatic hydroxyl groups is 1. The zero-order valence-corrected chi connectivity index (χ0v) is 19.4. The van der Waals surface area contributed by atoms with Crippen molar-refractivity contribution in [2.45, 2.75) is 19.9 Å². The van der Waals surface area contributed by atoms with E-state index in [2.05, 4.69) is 10.3 Å². The molecule has 0 atom stereocenters. The molecule has 0 aliphatic rings. The molecule has 2 aromatic carbocycles. The van der Waals surface area contributed by atoms with Gasteiger partial charge in [0.1, 0.15) is 0 Å². The predicted molar refractivity (Wildman–Crippen MR) is 131 cm³/mol. The van der Waals surface area contributed by atoms with Gasteiger partial charge in [-0.15, -0.1) is 0 Å². The number of aromatic nitrogens is 1. The number of ether oxygens (including phenoxy) is 2. The summed E-state index contributed by atoms with van der Waals surface area (Å²) < 4.78 is 10.6. The molecule has 0 radical (unpaired) electrons. The molecule has 0 fully saturated rings. The Balaban J connectivity index is 1.66. The van der Waals surface area contributed by atoms with E-state index in [0.29, 0.717) is 41.8 Å². The average molecular weight is 456 g/mol. The Morgan fingerprint density at radius 2 is 1.91 bits per heavy atom. The molecule has 0 spiro atoms. The van der Waals surface area contributed by atoms with E-state index in [-0.39, 0.29) is 12.2 Å². The summed E-state index contributed by atoms with van der Waals surface area (Å²) in [6.45, 7) is 3.15. The first kappa shape index (κ1) is 23.6. The van der Waals surface area contributed by atoms with Gasteiger partial charge in [-0.25, -0.2) is 0 Å². The predicted octanol–water partition coefficient (Wildman–Crippen LogP) is 2.77. The summed E-state index contributed by atoms with van der Waals surface area (Å²) in [7, 11) is 3.21. The fourth-order valence-electron chi connectivity index (χ4n) is 3.52. The number of H-pyrrole nitrogens is 1. The van der Waals surface area contributed by atoms with Crippen LogP contribution in [0.3, 0.4) is 0 Å². The number of nitrogens with zero attached hydrogens (tertiary/aromatic N) is 1. The number of hydrogen-bond acceptors (Lipinski definition) is 5. The van der Waals surface area contributed by atoms with Crippen molar-refractivity contribution in [2.24, 2.45) is 0 Å². The topological polar surface area (TPSA) is 86.8 Å². The molecule has 1 aromatic heterocycles. The molecule has 0 aliphatic carbocycles. The van der Waals surface area contributed by atoms with Crippen LogP contribution in [0.1, 0.15) is 16.7 Å².